The van der Waals surface area contributed by atoms with E-state index in [4.69, 9.17) is 56.8 Å². The maximum absolute atomic E-state index is 14.9. The minimum atomic E-state index is -2.03. The molecule has 6 saturated heterocycles. The van der Waals surface area contributed by atoms with Gasteiger partial charge in [0.1, 0.15) is 66.5 Å². The first-order valence-corrected chi connectivity index (χ1v) is 26.7. The fourth-order valence-electron chi connectivity index (χ4n) is 12.4. The van der Waals surface area contributed by atoms with E-state index in [2.05, 4.69) is 26.8 Å². The zero-order valence-corrected chi connectivity index (χ0v) is 44.2. The van der Waals surface area contributed by atoms with Crippen LogP contribution in [-0.4, -0.2) is 192 Å². The van der Waals surface area contributed by atoms with Crippen molar-refractivity contribution in [2.24, 2.45) is 23.7 Å². The molecule has 0 radical (unpaired) electrons. The molecule has 19 heteroatoms. The van der Waals surface area contributed by atoms with Crippen LogP contribution in [-0.2, 0) is 61.6 Å². The Kier molecular flexibility index (Phi) is 18.5. The Balaban J connectivity index is 1.11. The molecule has 0 amide bonds. The molecular weight excluding hydrogens is 953 g/mol. The molecule has 0 aromatic rings. The largest absolute Gasteiger partial charge is 0.462 e. The first-order chi connectivity index (χ1) is 34.7. The van der Waals surface area contributed by atoms with Crippen LogP contribution in [0.5, 0.6) is 0 Å². The molecule has 25 atom stereocenters. The van der Waals surface area contributed by atoms with Gasteiger partial charge in [0, 0.05) is 52.2 Å². The number of aliphatic hydroxyl groups excluding tert-OH is 5. The van der Waals surface area contributed by atoms with Crippen LogP contribution < -0.4 is 0 Å². The lowest BCUT2D eigenvalue weighted by Gasteiger charge is -2.51. The third-order valence-corrected chi connectivity index (χ3v) is 17.0. The van der Waals surface area contributed by atoms with Crippen molar-refractivity contribution in [2.75, 3.05) is 27.4 Å². The first kappa shape index (κ1) is 56.9. The van der Waals surface area contributed by atoms with E-state index in [0.717, 1.165) is 18.4 Å². The monoisotopic (exact) mass is 1040 g/mol. The molecule has 1 spiro atoms. The van der Waals surface area contributed by atoms with Gasteiger partial charge >= 0.3 is 5.97 Å². The number of hydrogen-bond acceptors (Lipinski definition) is 19. The molecular formula is C54H84O19. The smallest absolute Gasteiger partial charge is 0.316 e. The van der Waals surface area contributed by atoms with Crippen LogP contribution in [0.4, 0.5) is 0 Å². The third kappa shape index (κ3) is 11.8. The highest BCUT2D eigenvalue weighted by molar-refractivity contribution is 5.78. The maximum Gasteiger partial charge on any atom is 0.316 e. The molecule has 414 valence electrons. The molecule has 73 heavy (non-hydrogen) atoms. The summed E-state index contributed by atoms with van der Waals surface area (Å²) >= 11 is 0. The summed E-state index contributed by atoms with van der Waals surface area (Å²) < 4.78 is 76.6. The topological polar surface area (TPSA) is 249 Å². The van der Waals surface area contributed by atoms with Crippen molar-refractivity contribution in [1.29, 1.82) is 0 Å². The van der Waals surface area contributed by atoms with Gasteiger partial charge in [0.2, 0.25) is 0 Å². The van der Waals surface area contributed by atoms with Crippen molar-refractivity contribution in [3.05, 3.63) is 47.1 Å². The lowest BCUT2D eigenvalue weighted by atomic mass is 9.70. The van der Waals surface area contributed by atoms with E-state index in [1.165, 1.54) is 0 Å². The van der Waals surface area contributed by atoms with E-state index in [-0.39, 0.29) is 24.5 Å². The zero-order valence-electron chi connectivity index (χ0n) is 44.2. The molecule has 0 aromatic heterocycles. The van der Waals surface area contributed by atoms with Crippen LogP contribution in [0, 0.1) is 23.7 Å². The lowest BCUT2D eigenvalue weighted by Crippen LogP contribution is -2.63. The summed E-state index contributed by atoms with van der Waals surface area (Å²) in [4.78, 5) is 14.9. The van der Waals surface area contributed by atoms with Gasteiger partial charge in [-0.15, -0.1) is 0 Å². The SMILES string of the molecule is CCC(C)C1OC2(CCC1C)CC1CC(CC=C(C)C(OC3CC(OC)C(OC4CC(OC)C(O)C(C)O4)C(C)O3)C(C)C=CC=C3COC4C(OC5OC(CO)C(O)C(O)C5O)C(C)=CC(C(=O)O1)C34O)O2. The Morgan fingerprint density at radius 2 is 1.53 bits per heavy atom. The van der Waals surface area contributed by atoms with E-state index >= 15 is 0 Å². The molecule has 8 aliphatic rings. The summed E-state index contributed by atoms with van der Waals surface area (Å²) in [6.07, 6.45) is -2.89. The first-order valence-electron chi connectivity index (χ1n) is 26.7. The normalized spacial score (nSPS) is 48.3. The number of aliphatic hydroxyl groups is 6. The van der Waals surface area contributed by atoms with Crippen molar-refractivity contribution in [3.63, 3.8) is 0 Å². The summed E-state index contributed by atoms with van der Waals surface area (Å²) in [7, 11) is 3.19. The van der Waals surface area contributed by atoms with E-state index in [1.54, 1.807) is 46.3 Å². The molecule has 19 nitrogen and oxygen atoms in total. The molecule has 2 bridgehead atoms. The molecule has 0 aromatic carbocycles. The predicted molar refractivity (Wildman–Crippen MR) is 260 cm³/mol. The molecule has 7 heterocycles. The van der Waals surface area contributed by atoms with E-state index in [9.17, 15) is 35.4 Å². The number of allylic oxidation sites excluding steroid dienone is 2. The number of rotatable bonds is 11. The molecule has 8 rings (SSSR count). The summed E-state index contributed by atoms with van der Waals surface area (Å²) in [5.41, 5.74) is -0.266. The lowest BCUT2D eigenvalue weighted by molar-refractivity contribution is -0.340. The standard InChI is InChI=1S/C54H84O19/c1-11-26(2)47-29(5)17-18-53(73-47)23-35-20-34(72-53)16-15-28(4)46(69-41-22-38(63-10)49(32(8)66-41)70-40-21-37(62-9)42(56)31(7)65-40)27(3)13-12-14-33-25-64-50-48(30(6)19-36(51(60)67-35)54(33,50)61)71-52-45(59)44(58)43(57)39(24-55)68-52/h12-15,19,26-27,29,31-32,34-50,52,55-59,61H,11,16-18,20-25H2,1-10H3. The molecule has 0 saturated carbocycles. The van der Waals surface area contributed by atoms with Crippen molar-refractivity contribution >= 4 is 5.97 Å². The van der Waals surface area contributed by atoms with Crippen LogP contribution in [0.1, 0.15) is 107 Å². The Hall–Kier alpha value is -2.25. The highest BCUT2D eigenvalue weighted by Gasteiger charge is 2.62. The maximum atomic E-state index is 14.9. The van der Waals surface area contributed by atoms with Crippen LogP contribution in [0.25, 0.3) is 0 Å². The van der Waals surface area contributed by atoms with Crippen molar-refractivity contribution in [2.45, 2.75) is 235 Å². The fourth-order valence-corrected chi connectivity index (χ4v) is 12.4. The Morgan fingerprint density at radius 1 is 0.822 bits per heavy atom. The van der Waals surface area contributed by atoms with Gasteiger partial charge in [0.15, 0.2) is 24.7 Å². The highest BCUT2D eigenvalue weighted by Crippen LogP contribution is 2.49. The van der Waals surface area contributed by atoms with Gasteiger partial charge in [-0.05, 0) is 69.1 Å². The molecule has 25 unspecified atom stereocenters. The van der Waals surface area contributed by atoms with Crippen LogP contribution >= 0.6 is 0 Å². The fraction of sp³-hybridized carbons (Fsp3) is 0.833. The quantitative estimate of drug-likeness (QED) is 0.128. The van der Waals surface area contributed by atoms with Gasteiger partial charge in [0.25, 0.3) is 0 Å². The molecule has 1 aliphatic carbocycles. The average Bonchev–Trinajstić information content (AvgIpc) is 3.70. The second-order valence-electron chi connectivity index (χ2n) is 22.2. The third-order valence-electron chi connectivity index (χ3n) is 17.0. The van der Waals surface area contributed by atoms with Crippen LogP contribution in [0.2, 0.25) is 0 Å². The Labute approximate surface area is 430 Å². The minimum Gasteiger partial charge on any atom is -0.462 e. The number of ether oxygens (including phenoxy) is 12. The number of carbonyl (C=O) groups excluding carboxylic acids is 1. The number of methoxy groups -OCH3 is 2. The summed E-state index contributed by atoms with van der Waals surface area (Å²) in [6.45, 7) is 15.2. The second kappa shape index (κ2) is 23.8. The Bertz CT molecular complexity index is 1990. The minimum absolute atomic E-state index is 0.0727. The molecule has 6 fully saturated rings. The van der Waals surface area contributed by atoms with E-state index < -0.39 is 140 Å². The predicted octanol–water partition coefficient (Wildman–Crippen LogP) is 3.43. The average molecular weight is 1040 g/mol. The van der Waals surface area contributed by atoms with Crippen molar-refractivity contribution in [3.8, 4) is 0 Å². The van der Waals surface area contributed by atoms with Gasteiger partial charge in [0.05, 0.1) is 55.9 Å². The number of fused-ring (bicyclic) bond motifs is 2. The van der Waals surface area contributed by atoms with Gasteiger partial charge in [-0.2, -0.15) is 0 Å². The van der Waals surface area contributed by atoms with E-state index in [0.29, 0.717) is 55.6 Å². The van der Waals surface area contributed by atoms with Crippen molar-refractivity contribution < 1.29 is 92.3 Å². The summed E-state index contributed by atoms with van der Waals surface area (Å²) in [5.74, 6) is -2.67. The van der Waals surface area contributed by atoms with Crippen LogP contribution in [0.3, 0.4) is 0 Å². The zero-order chi connectivity index (χ0) is 52.7. The number of carbonyl (C=O) groups is 1. The summed E-state index contributed by atoms with van der Waals surface area (Å²) in [6, 6.07) is 0. The van der Waals surface area contributed by atoms with Gasteiger partial charge < -0.3 is 87.5 Å². The van der Waals surface area contributed by atoms with Gasteiger partial charge in [-0.3, -0.25) is 4.79 Å². The highest BCUT2D eigenvalue weighted by atomic mass is 16.7. The van der Waals surface area contributed by atoms with Gasteiger partial charge in [-0.25, -0.2) is 0 Å². The van der Waals surface area contributed by atoms with E-state index in [1.807, 2.05) is 26.8 Å². The van der Waals surface area contributed by atoms with Crippen molar-refractivity contribution in [1.82, 2.24) is 0 Å². The number of esters is 1. The molecule has 6 N–H and O–H groups in total. The van der Waals surface area contributed by atoms with Gasteiger partial charge in [-0.1, -0.05) is 64.5 Å². The second-order valence-corrected chi connectivity index (χ2v) is 22.2. The number of hydrogen-bond donors (Lipinski definition) is 6. The summed E-state index contributed by atoms with van der Waals surface area (Å²) in [5, 5.41) is 65.8. The Morgan fingerprint density at radius 3 is 2.25 bits per heavy atom. The van der Waals surface area contributed by atoms with Crippen LogP contribution in [0.15, 0.2) is 47.1 Å². The molecule has 7 aliphatic heterocycles.